The SMILES string of the molecule is Nc1ccnc(C[C@H]2CC(=O)N(c3ccccc3)C2)c1. The summed E-state index contributed by atoms with van der Waals surface area (Å²) in [6.07, 6.45) is 3.09. The third-order valence-electron chi connectivity index (χ3n) is 3.61. The van der Waals surface area contributed by atoms with Crippen LogP contribution in [-0.4, -0.2) is 17.4 Å². The minimum absolute atomic E-state index is 0.185. The monoisotopic (exact) mass is 267 g/mol. The molecule has 1 aromatic carbocycles. The van der Waals surface area contributed by atoms with Crippen LogP contribution in [0.1, 0.15) is 12.1 Å². The molecule has 0 radical (unpaired) electrons. The molecule has 20 heavy (non-hydrogen) atoms. The number of nitrogens with two attached hydrogens (primary N) is 1. The van der Waals surface area contributed by atoms with Gasteiger partial charge in [0.2, 0.25) is 5.91 Å². The fourth-order valence-corrected chi connectivity index (χ4v) is 2.68. The first-order chi connectivity index (χ1) is 9.72. The lowest BCUT2D eigenvalue weighted by Crippen LogP contribution is -2.24. The quantitative estimate of drug-likeness (QED) is 0.928. The Morgan fingerprint density at radius 1 is 1.25 bits per heavy atom. The van der Waals surface area contributed by atoms with E-state index >= 15 is 0 Å². The Morgan fingerprint density at radius 2 is 2.05 bits per heavy atom. The highest BCUT2D eigenvalue weighted by Gasteiger charge is 2.30. The molecule has 1 aliphatic heterocycles. The van der Waals surface area contributed by atoms with Crippen molar-refractivity contribution in [3.05, 3.63) is 54.4 Å². The molecule has 0 aliphatic carbocycles. The molecule has 2 heterocycles. The van der Waals surface area contributed by atoms with E-state index in [-0.39, 0.29) is 5.91 Å². The summed E-state index contributed by atoms with van der Waals surface area (Å²) in [5.41, 5.74) is 8.41. The van der Waals surface area contributed by atoms with Crippen molar-refractivity contribution in [2.75, 3.05) is 17.2 Å². The highest BCUT2D eigenvalue weighted by atomic mass is 16.2. The van der Waals surface area contributed by atoms with Gasteiger partial charge in [-0.15, -0.1) is 0 Å². The zero-order valence-corrected chi connectivity index (χ0v) is 11.2. The number of rotatable bonds is 3. The maximum atomic E-state index is 12.1. The van der Waals surface area contributed by atoms with Gasteiger partial charge in [0, 0.05) is 36.2 Å². The predicted molar refractivity (Wildman–Crippen MR) is 79.3 cm³/mol. The third kappa shape index (κ3) is 2.64. The van der Waals surface area contributed by atoms with Gasteiger partial charge in [0.25, 0.3) is 0 Å². The molecule has 4 nitrogen and oxygen atoms in total. The molecule has 1 fully saturated rings. The summed E-state index contributed by atoms with van der Waals surface area (Å²) >= 11 is 0. The van der Waals surface area contributed by atoms with Gasteiger partial charge in [-0.1, -0.05) is 18.2 Å². The van der Waals surface area contributed by atoms with E-state index in [0.29, 0.717) is 12.3 Å². The molecule has 0 saturated carbocycles. The number of amides is 1. The summed E-state index contributed by atoms with van der Waals surface area (Å²) in [6, 6.07) is 13.5. The number of carbonyl (C=O) groups is 1. The molecule has 0 unspecified atom stereocenters. The van der Waals surface area contributed by atoms with E-state index in [9.17, 15) is 4.79 Å². The number of hydrogen-bond donors (Lipinski definition) is 1. The first kappa shape index (κ1) is 12.7. The molecule has 3 rings (SSSR count). The Bertz CT molecular complexity index is 612. The molecule has 2 aromatic rings. The molecule has 1 aliphatic rings. The fourth-order valence-electron chi connectivity index (χ4n) is 2.68. The second-order valence-corrected chi connectivity index (χ2v) is 5.19. The zero-order chi connectivity index (χ0) is 13.9. The number of nitrogen functional groups attached to an aromatic ring is 1. The van der Waals surface area contributed by atoms with Crippen LogP contribution in [0.4, 0.5) is 11.4 Å². The van der Waals surface area contributed by atoms with E-state index in [2.05, 4.69) is 4.98 Å². The molecule has 0 spiro atoms. The minimum Gasteiger partial charge on any atom is -0.399 e. The van der Waals surface area contributed by atoms with Crippen molar-refractivity contribution >= 4 is 17.3 Å². The summed E-state index contributed by atoms with van der Waals surface area (Å²) in [4.78, 5) is 18.3. The number of nitrogens with zero attached hydrogens (tertiary/aromatic N) is 2. The van der Waals surface area contributed by atoms with E-state index in [4.69, 9.17) is 5.73 Å². The summed E-state index contributed by atoms with van der Waals surface area (Å²) in [5.74, 6) is 0.488. The molecule has 1 amide bonds. The van der Waals surface area contributed by atoms with Crippen molar-refractivity contribution < 1.29 is 4.79 Å². The molecular formula is C16H17N3O. The second-order valence-electron chi connectivity index (χ2n) is 5.19. The van der Waals surface area contributed by atoms with Crippen LogP contribution in [0.2, 0.25) is 0 Å². The van der Waals surface area contributed by atoms with E-state index in [1.54, 1.807) is 12.3 Å². The molecule has 4 heteroatoms. The van der Waals surface area contributed by atoms with Crippen LogP contribution >= 0.6 is 0 Å². The molecule has 1 aromatic heterocycles. The number of carbonyl (C=O) groups excluding carboxylic acids is 1. The maximum absolute atomic E-state index is 12.1. The van der Waals surface area contributed by atoms with Gasteiger partial charge in [-0.2, -0.15) is 0 Å². The van der Waals surface area contributed by atoms with E-state index < -0.39 is 0 Å². The minimum atomic E-state index is 0.185. The lowest BCUT2D eigenvalue weighted by Gasteiger charge is -2.16. The molecule has 2 N–H and O–H groups in total. The Morgan fingerprint density at radius 3 is 2.80 bits per heavy atom. The molecule has 102 valence electrons. The summed E-state index contributed by atoms with van der Waals surface area (Å²) in [6.45, 7) is 0.749. The number of hydrogen-bond acceptors (Lipinski definition) is 3. The van der Waals surface area contributed by atoms with Crippen LogP contribution < -0.4 is 10.6 Å². The van der Waals surface area contributed by atoms with Crippen molar-refractivity contribution in [2.45, 2.75) is 12.8 Å². The average molecular weight is 267 g/mol. The van der Waals surface area contributed by atoms with Gasteiger partial charge < -0.3 is 10.6 Å². The van der Waals surface area contributed by atoms with Crippen LogP contribution in [0.25, 0.3) is 0 Å². The van der Waals surface area contributed by atoms with Gasteiger partial charge >= 0.3 is 0 Å². The van der Waals surface area contributed by atoms with Gasteiger partial charge in [0.05, 0.1) is 0 Å². The van der Waals surface area contributed by atoms with Gasteiger partial charge in [-0.25, -0.2) is 0 Å². The number of aromatic nitrogens is 1. The van der Waals surface area contributed by atoms with Crippen LogP contribution in [0.3, 0.4) is 0 Å². The largest absolute Gasteiger partial charge is 0.399 e. The first-order valence-electron chi connectivity index (χ1n) is 6.78. The highest BCUT2D eigenvalue weighted by Crippen LogP contribution is 2.26. The normalized spacial score (nSPS) is 18.5. The molecule has 1 atom stereocenters. The Kier molecular flexibility index (Phi) is 3.37. The summed E-state index contributed by atoms with van der Waals surface area (Å²) < 4.78 is 0. The van der Waals surface area contributed by atoms with Crippen LogP contribution in [0.5, 0.6) is 0 Å². The van der Waals surface area contributed by atoms with Crippen LogP contribution in [0.15, 0.2) is 48.7 Å². The lowest BCUT2D eigenvalue weighted by molar-refractivity contribution is -0.117. The Hall–Kier alpha value is -2.36. The van der Waals surface area contributed by atoms with Gasteiger partial charge in [-0.05, 0) is 36.6 Å². The van der Waals surface area contributed by atoms with Crippen LogP contribution in [-0.2, 0) is 11.2 Å². The Labute approximate surface area is 118 Å². The predicted octanol–water partition coefficient (Wildman–Crippen LogP) is 2.26. The fraction of sp³-hybridized carbons (Fsp3) is 0.250. The van der Waals surface area contributed by atoms with Crippen molar-refractivity contribution in [2.24, 2.45) is 5.92 Å². The van der Waals surface area contributed by atoms with E-state index in [1.807, 2.05) is 41.3 Å². The zero-order valence-electron chi connectivity index (χ0n) is 11.2. The number of anilines is 2. The second kappa shape index (κ2) is 5.33. The summed E-state index contributed by atoms with van der Waals surface area (Å²) in [5, 5.41) is 0. The first-order valence-corrected chi connectivity index (χ1v) is 6.78. The number of para-hydroxylation sites is 1. The molecular weight excluding hydrogens is 250 g/mol. The average Bonchev–Trinajstić information content (AvgIpc) is 2.80. The lowest BCUT2D eigenvalue weighted by atomic mass is 10.0. The standard InChI is InChI=1S/C16H17N3O/c17-13-6-7-18-14(10-13)8-12-9-16(20)19(11-12)15-4-2-1-3-5-15/h1-7,10,12H,8-9,11H2,(H2,17,18)/t12-/m0/s1. The smallest absolute Gasteiger partial charge is 0.227 e. The van der Waals surface area contributed by atoms with Crippen molar-refractivity contribution in [3.8, 4) is 0 Å². The van der Waals surface area contributed by atoms with Crippen LogP contribution in [0, 0.1) is 5.92 Å². The van der Waals surface area contributed by atoms with Gasteiger partial charge in [0.1, 0.15) is 0 Å². The third-order valence-corrected chi connectivity index (χ3v) is 3.61. The number of benzene rings is 1. The maximum Gasteiger partial charge on any atom is 0.227 e. The molecule has 0 bridgehead atoms. The topological polar surface area (TPSA) is 59.2 Å². The van der Waals surface area contributed by atoms with E-state index in [0.717, 1.165) is 30.0 Å². The van der Waals surface area contributed by atoms with E-state index in [1.165, 1.54) is 0 Å². The summed E-state index contributed by atoms with van der Waals surface area (Å²) in [7, 11) is 0. The van der Waals surface area contributed by atoms with Gasteiger partial charge in [0.15, 0.2) is 0 Å². The molecule has 1 saturated heterocycles. The Balaban J connectivity index is 1.71. The van der Waals surface area contributed by atoms with Gasteiger partial charge in [-0.3, -0.25) is 9.78 Å². The van der Waals surface area contributed by atoms with Crippen molar-refractivity contribution in [1.29, 1.82) is 0 Å². The van der Waals surface area contributed by atoms with Crippen molar-refractivity contribution in [3.63, 3.8) is 0 Å². The van der Waals surface area contributed by atoms with Crippen molar-refractivity contribution in [1.82, 2.24) is 4.98 Å². The number of pyridine rings is 1. The highest BCUT2D eigenvalue weighted by molar-refractivity contribution is 5.95.